The zero-order valence-corrected chi connectivity index (χ0v) is 12.6. The minimum absolute atomic E-state index is 0.378. The summed E-state index contributed by atoms with van der Waals surface area (Å²) in [4.78, 5) is 0.378. The number of nitrogen functional groups attached to an aromatic ring is 1. The van der Waals surface area contributed by atoms with E-state index in [0.29, 0.717) is 41.1 Å². The number of nitrogens with two attached hydrogens (primary N) is 1. The molecule has 0 amide bonds. The summed E-state index contributed by atoms with van der Waals surface area (Å²) in [5.74, 6) is 0.820. The number of aryl methyl sites for hydroxylation is 1. The molecular weight excluding hydrogens is 260 g/mol. The number of piperidine rings is 1. The Bertz CT molecular complexity index is 559. The van der Waals surface area contributed by atoms with E-state index in [1.165, 1.54) is 0 Å². The molecule has 1 saturated heterocycles. The van der Waals surface area contributed by atoms with Crippen LogP contribution in [0.1, 0.15) is 25.8 Å². The van der Waals surface area contributed by atoms with Crippen LogP contribution in [0.25, 0.3) is 0 Å². The van der Waals surface area contributed by atoms with E-state index in [1.54, 1.807) is 29.4 Å². The van der Waals surface area contributed by atoms with E-state index in [-0.39, 0.29) is 0 Å². The zero-order chi connectivity index (χ0) is 14.2. The molecule has 2 atom stereocenters. The maximum Gasteiger partial charge on any atom is 0.243 e. The fourth-order valence-electron chi connectivity index (χ4n) is 2.90. The number of hydrogen-bond donors (Lipinski definition) is 1. The SMILES string of the molecule is Cc1cc(N)ccc1S(=O)(=O)N1CC(C)CC(C)C1. The van der Waals surface area contributed by atoms with Gasteiger partial charge in [0.15, 0.2) is 0 Å². The largest absolute Gasteiger partial charge is 0.399 e. The van der Waals surface area contributed by atoms with Gasteiger partial charge in [-0.25, -0.2) is 8.42 Å². The van der Waals surface area contributed by atoms with Crippen LogP contribution in [0.15, 0.2) is 23.1 Å². The molecule has 0 spiro atoms. The lowest BCUT2D eigenvalue weighted by Gasteiger charge is -2.34. The van der Waals surface area contributed by atoms with Crippen molar-refractivity contribution in [1.82, 2.24) is 4.31 Å². The minimum atomic E-state index is -3.40. The Morgan fingerprint density at radius 3 is 2.32 bits per heavy atom. The molecule has 1 fully saturated rings. The van der Waals surface area contributed by atoms with E-state index in [2.05, 4.69) is 13.8 Å². The van der Waals surface area contributed by atoms with Gasteiger partial charge in [0.25, 0.3) is 0 Å². The fraction of sp³-hybridized carbons (Fsp3) is 0.571. The molecule has 1 aromatic carbocycles. The lowest BCUT2D eigenvalue weighted by atomic mass is 9.94. The maximum atomic E-state index is 12.7. The Balaban J connectivity index is 2.36. The molecule has 4 nitrogen and oxygen atoms in total. The fourth-order valence-corrected chi connectivity index (χ4v) is 4.79. The van der Waals surface area contributed by atoms with Gasteiger partial charge in [-0.2, -0.15) is 4.31 Å². The van der Waals surface area contributed by atoms with Crippen LogP contribution in [-0.2, 0) is 10.0 Å². The standard InChI is InChI=1S/C14H22N2O2S/c1-10-6-11(2)9-16(8-10)19(17,18)14-5-4-13(15)7-12(14)3/h4-5,7,10-11H,6,8-9,15H2,1-3H3. The molecule has 1 heterocycles. The quantitative estimate of drug-likeness (QED) is 0.846. The summed E-state index contributed by atoms with van der Waals surface area (Å²) in [7, 11) is -3.40. The third kappa shape index (κ3) is 2.92. The second-order valence-corrected chi connectivity index (χ2v) is 7.70. The average molecular weight is 282 g/mol. The third-order valence-corrected chi connectivity index (χ3v) is 5.64. The Morgan fingerprint density at radius 2 is 1.79 bits per heavy atom. The topological polar surface area (TPSA) is 63.4 Å². The van der Waals surface area contributed by atoms with Gasteiger partial charge in [-0.15, -0.1) is 0 Å². The molecule has 1 aliphatic heterocycles. The minimum Gasteiger partial charge on any atom is -0.399 e. The van der Waals surface area contributed by atoms with Crippen molar-refractivity contribution in [3.8, 4) is 0 Å². The first kappa shape index (κ1) is 14.3. The van der Waals surface area contributed by atoms with Gasteiger partial charge in [0, 0.05) is 18.8 Å². The van der Waals surface area contributed by atoms with E-state index in [0.717, 1.165) is 6.42 Å². The average Bonchev–Trinajstić information content (AvgIpc) is 2.26. The molecule has 5 heteroatoms. The number of hydrogen-bond acceptors (Lipinski definition) is 3. The summed E-state index contributed by atoms with van der Waals surface area (Å²) in [5.41, 5.74) is 6.99. The van der Waals surface area contributed by atoms with Gasteiger partial charge in [0.05, 0.1) is 4.90 Å². The van der Waals surface area contributed by atoms with Gasteiger partial charge in [-0.3, -0.25) is 0 Å². The highest BCUT2D eigenvalue weighted by molar-refractivity contribution is 7.89. The normalized spacial score (nSPS) is 25.4. The summed E-state index contributed by atoms with van der Waals surface area (Å²) in [6.45, 7) is 7.22. The van der Waals surface area contributed by atoms with Crippen molar-refractivity contribution >= 4 is 15.7 Å². The smallest absolute Gasteiger partial charge is 0.243 e. The van der Waals surface area contributed by atoms with E-state index in [4.69, 9.17) is 5.73 Å². The van der Waals surface area contributed by atoms with E-state index in [9.17, 15) is 8.42 Å². The second kappa shape index (κ2) is 5.13. The van der Waals surface area contributed by atoms with Crippen LogP contribution in [0, 0.1) is 18.8 Å². The van der Waals surface area contributed by atoms with E-state index >= 15 is 0 Å². The molecule has 0 aromatic heterocycles. The number of nitrogens with zero attached hydrogens (tertiary/aromatic N) is 1. The van der Waals surface area contributed by atoms with Crippen LogP contribution >= 0.6 is 0 Å². The van der Waals surface area contributed by atoms with Crippen LogP contribution in [-0.4, -0.2) is 25.8 Å². The number of rotatable bonds is 2. The molecule has 2 N–H and O–H groups in total. The van der Waals surface area contributed by atoms with Crippen molar-refractivity contribution in [3.63, 3.8) is 0 Å². The monoisotopic (exact) mass is 282 g/mol. The van der Waals surface area contributed by atoms with Crippen molar-refractivity contribution < 1.29 is 8.42 Å². The Kier molecular flexibility index (Phi) is 3.87. The summed E-state index contributed by atoms with van der Waals surface area (Å²) in [6.07, 6.45) is 1.09. The van der Waals surface area contributed by atoms with Crippen molar-refractivity contribution in [2.75, 3.05) is 18.8 Å². The maximum absolute atomic E-state index is 12.7. The lowest BCUT2D eigenvalue weighted by Crippen LogP contribution is -2.42. The van der Waals surface area contributed by atoms with Gasteiger partial charge < -0.3 is 5.73 Å². The van der Waals surface area contributed by atoms with Crippen molar-refractivity contribution in [2.24, 2.45) is 11.8 Å². The summed E-state index contributed by atoms with van der Waals surface area (Å²) in [6, 6.07) is 4.98. The van der Waals surface area contributed by atoms with Crippen LogP contribution in [0.2, 0.25) is 0 Å². The third-order valence-electron chi connectivity index (χ3n) is 3.65. The summed E-state index contributed by atoms with van der Waals surface area (Å²) < 4.78 is 27.0. The highest BCUT2D eigenvalue weighted by atomic mass is 32.2. The number of sulfonamides is 1. The molecule has 0 radical (unpaired) electrons. The number of anilines is 1. The van der Waals surface area contributed by atoms with Gasteiger partial charge in [0.2, 0.25) is 10.0 Å². The summed E-state index contributed by atoms with van der Waals surface area (Å²) in [5, 5.41) is 0. The Morgan fingerprint density at radius 1 is 1.21 bits per heavy atom. The number of benzene rings is 1. The molecule has 0 saturated carbocycles. The van der Waals surface area contributed by atoms with Crippen LogP contribution in [0.4, 0.5) is 5.69 Å². The lowest BCUT2D eigenvalue weighted by molar-refractivity contribution is 0.222. The van der Waals surface area contributed by atoms with Crippen molar-refractivity contribution in [2.45, 2.75) is 32.1 Å². The summed E-state index contributed by atoms with van der Waals surface area (Å²) >= 11 is 0. The Labute approximate surface area is 115 Å². The predicted octanol–water partition coefficient (Wildman–Crippen LogP) is 2.24. The first-order chi connectivity index (χ1) is 8.80. The van der Waals surface area contributed by atoms with Gasteiger partial charge in [-0.1, -0.05) is 13.8 Å². The second-order valence-electron chi connectivity index (χ2n) is 5.79. The molecule has 19 heavy (non-hydrogen) atoms. The van der Waals surface area contributed by atoms with Gasteiger partial charge >= 0.3 is 0 Å². The first-order valence-corrected chi connectivity index (χ1v) is 8.11. The van der Waals surface area contributed by atoms with E-state index in [1.807, 2.05) is 0 Å². The zero-order valence-electron chi connectivity index (χ0n) is 11.8. The van der Waals surface area contributed by atoms with Crippen molar-refractivity contribution in [1.29, 1.82) is 0 Å². The molecule has 0 bridgehead atoms. The van der Waals surface area contributed by atoms with Crippen LogP contribution < -0.4 is 5.73 Å². The van der Waals surface area contributed by atoms with Gasteiger partial charge in [0.1, 0.15) is 0 Å². The van der Waals surface area contributed by atoms with Gasteiger partial charge in [-0.05, 0) is 48.9 Å². The van der Waals surface area contributed by atoms with Crippen molar-refractivity contribution in [3.05, 3.63) is 23.8 Å². The highest BCUT2D eigenvalue weighted by Crippen LogP contribution is 2.28. The first-order valence-electron chi connectivity index (χ1n) is 6.67. The molecule has 2 unspecified atom stereocenters. The Hall–Kier alpha value is -1.07. The predicted molar refractivity (Wildman–Crippen MR) is 77.3 cm³/mol. The van der Waals surface area contributed by atoms with Crippen LogP contribution in [0.5, 0.6) is 0 Å². The molecule has 2 rings (SSSR count). The molecular formula is C14H22N2O2S. The molecule has 0 aliphatic carbocycles. The van der Waals surface area contributed by atoms with E-state index < -0.39 is 10.0 Å². The molecule has 106 valence electrons. The molecule has 1 aliphatic rings. The molecule has 1 aromatic rings. The highest BCUT2D eigenvalue weighted by Gasteiger charge is 2.32. The van der Waals surface area contributed by atoms with Crippen LogP contribution in [0.3, 0.4) is 0 Å².